The average Bonchev–Trinajstić information content (AvgIpc) is 2.64. The first-order valence-corrected chi connectivity index (χ1v) is 9.40. The van der Waals surface area contributed by atoms with E-state index in [0.717, 1.165) is 16.8 Å². The zero-order chi connectivity index (χ0) is 20.3. The number of ether oxygens (including phenoxy) is 3. The summed E-state index contributed by atoms with van der Waals surface area (Å²) in [5.74, 6) is 0.0768. The highest BCUT2D eigenvalue weighted by molar-refractivity contribution is 5.66. The summed E-state index contributed by atoms with van der Waals surface area (Å²) in [6.07, 6.45) is -0.995. The van der Waals surface area contributed by atoms with Crippen LogP contribution in [0.5, 0.6) is 5.75 Å². The van der Waals surface area contributed by atoms with Crippen LogP contribution in [0.3, 0.4) is 0 Å². The topological polar surface area (TPSA) is 56.8 Å². The molecule has 1 N–H and O–H groups in total. The van der Waals surface area contributed by atoms with E-state index in [1.54, 1.807) is 12.1 Å². The summed E-state index contributed by atoms with van der Waals surface area (Å²) in [5.41, 5.74) is 1.95. The number of benzene rings is 2. The van der Waals surface area contributed by atoms with Crippen LogP contribution in [0.15, 0.2) is 42.5 Å². The molecule has 2 aromatic carbocycles. The predicted molar refractivity (Wildman–Crippen MR) is 105 cm³/mol. The zero-order valence-electron chi connectivity index (χ0n) is 16.6. The Morgan fingerprint density at radius 2 is 1.93 bits per heavy atom. The quantitative estimate of drug-likeness (QED) is 0.733. The molecule has 0 radical (unpaired) electrons. The maximum Gasteiger partial charge on any atom is 0.303 e. The molecule has 0 saturated carbocycles. The monoisotopic (exact) mass is 387 g/mol. The van der Waals surface area contributed by atoms with Crippen molar-refractivity contribution in [3.63, 3.8) is 0 Å². The van der Waals surface area contributed by atoms with Gasteiger partial charge in [-0.15, -0.1) is 0 Å². The smallest absolute Gasteiger partial charge is 0.303 e. The highest BCUT2D eigenvalue weighted by Gasteiger charge is 2.47. The van der Waals surface area contributed by atoms with Gasteiger partial charge >= 0.3 is 5.97 Å². The summed E-state index contributed by atoms with van der Waals surface area (Å²) in [4.78, 5) is 11.6. The molecule has 0 aliphatic carbocycles. The van der Waals surface area contributed by atoms with Crippen LogP contribution < -0.4 is 10.1 Å². The van der Waals surface area contributed by atoms with Crippen molar-refractivity contribution in [1.82, 2.24) is 0 Å². The Morgan fingerprint density at radius 3 is 2.57 bits per heavy atom. The molecule has 2 aromatic rings. The normalized spacial score (nSPS) is 20.0. The third-order valence-corrected chi connectivity index (χ3v) is 4.70. The minimum atomic E-state index is -0.721. The fraction of sp³-hybridized carbons (Fsp3) is 0.409. The zero-order valence-corrected chi connectivity index (χ0v) is 16.6. The standard InChI is InChI=1S/C22H26FNO4/c1-5-26-20-18-12-17(24-13-15-6-8-16(23)9-7-15)10-11-19(18)28-22(3,4)21(20)27-14(2)25/h6-12,20-21,24H,5,13H2,1-4H3. The third kappa shape index (κ3) is 4.44. The van der Waals surface area contributed by atoms with E-state index in [0.29, 0.717) is 18.9 Å². The van der Waals surface area contributed by atoms with E-state index in [2.05, 4.69) is 5.32 Å². The van der Waals surface area contributed by atoms with E-state index < -0.39 is 17.8 Å². The van der Waals surface area contributed by atoms with Crippen LogP contribution in [0, 0.1) is 5.82 Å². The number of rotatable bonds is 6. The van der Waals surface area contributed by atoms with Crippen LogP contribution >= 0.6 is 0 Å². The molecule has 1 aliphatic rings. The summed E-state index contributed by atoms with van der Waals surface area (Å²) in [6.45, 7) is 8.09. The molecule has 3 rings (SSSR count). The predicted octanol–water partition coefficient (Wildman–Crippen LogP) is 4.62. The van der Waals surface area contributed by atoms with Crippen LogP contribution in [-0.2, 0) is 20.8 Å². The lowest BCUT2D eigenvalue weighted by Gasteiger charge is -2.43. The summed E-state index contributed by atoms with van der Waals surface area (Å²) in [5, 5.41) is 3.33. The van der Waals surface area contributed by atoms with E-state index in [4.69, 9.17) is 14.2 Å². The van der Waals surface area contributed by atoms with Gasteiger partial charge in [0.1, 0.15) is 23.3 Å². The van der Waals surface area contributed by atoms with Gasteiger partial charge in [0.25, 0.3) is 0 Å². The molecule has 1 heterocycles. The van der Waals surface area contributed by atoms with Crippen LogP contribution in [0.4, 0.5) is 10.1 Å². The largest absolute Gasteiger partial charge is 0.483 e. The Kier molecular flexibility index (Phi) is 5.89. The number of nitrogens with one attached hydrogen (secondary N) is 1. The number of carbonyl (C=O) groups is 1. The van der Waals surface area contributed by atoms with Gasteiger partial charge < -0.3 is 19.5 Å². The van der Waals surface area contributed by atoms with Gasteiger partial charge in [-0.2, -0.15) is 0 Å². The van der Waals surface area contributed by atoms with E-state index in [1.807, 2.05) is 39.0 Å². The van der Waals surface area contributed by atoms with Crippen LogP contribution in [-0.4, -0.2) is 24.3 Å². The Hall–Kier alpha value is -2.60. The van der Waals surface area contributed by atoms with Crippen molar-refractivity contribution < 1.29 is 23.4 Å². The van der Waals surface area contributed by atoms with Crippen molar-refractivity contribution in [3.05, 3.63) is 59.4 Å². The molecule has 0 amide bonds. The van der Waals surface area contributed by atoms with Gasteiger partial charge in [0.05, 0.1) is 0 Å². The number of esters is 1. The first-order chi connectivity index (χ1) is 13.3. The lowest BCUT2D eigenvalue weighted by Crippen LogP contribution is -2.51. The van der Waals surface area contributed by atoms with Crippen molar-refractivity contribution in [2.24, 2.45) is 0 Å². The molecule has 0 fully saturated rings. The number of hydrogen-bond acceptors (Lipinski definition) is 5. The molecular weight excluding hydrogens is 361 g/mol. The molecule has 6 heteroatoms. The Bertz CT molecular complexity index is 835. The third-order valence-electron chi connectivity index (χ3n) is 4.70. The Balaban J connectivity index is 1.86. The first-order valence-electron chi connectivity index (χ1n) is 9.40. The van der Waals surface area contributed by atoms with Gasteiger partial charge in [0, 0.05) is 31.3 Å². The minimum absolute atomic E-state index is 0.256. The Morgan fingerprint density at radius 1 is 1.21 bits per heavy atom. The second-order valence-corrected chi connectivity index (χ2v) is 7.34. The van der Waals surface area contributed by atoms with E-state index in [-0.39, 0.29) is 11.8 Å². The van der Waals surface area contributed by atoms with Crippen molar-refractivity contribution >= 4 is 11.7 Å². The molecule has 0 bridgehead atoms. The molecule has 2 unspecified atom stereocenters. The molecule has 28 heavy (non-hydrogen) atoms. The van der Waals surface area contributed by atoms with E-state index in [9.17, 15) is 9.18 Å². The second kappa shape index (κ2) is 8.19. The Labute approximate surface area is 164 Å². The number of fused-ring (bicyclic) bond motifs is 1. The van der Waals surface area contributed by atoms with Gasteiger partial charge in [0.15, 0.2) is 6.10 Å². The first kappa shape index (κ1) is 20.1. The molecule has 0 spiro atoms. The van der Waals surface area contributed by atoms with E-state index >= 15 is 0 Å². The summed E-state index contributed by atoms with van der Waals surface area (Å²) >= 11 is 0. The van der Waals surface area contributed by atoms with Gasteiger partial charge in [-0.3, -0.25) is 4.79 Å². The second-order valence-electron chi connectivity index (χ2n) is 7.34. The molecule has 0 aromatic heterocycles. The lowest BCUT2D eigenvalue weighted by atomic mass is 9.88. The van der Waals surface area contributed by atoms with Crippen molar-refractivity contribution in [1.29, 1.82) is 0 Å². The summed E-state index contributed by atoms with van der Waals surface area (Å²) in [6, 6.07) is 12.1. The van der Waals surface area contributed by atoms with E-state index in [1.165, 1.54) is 19.1 Å². The van der Waals surface area contributed by atoms with Crippen LogP contribution in [0.25, 0.3) is 0 Å². The number of hydrogen-bond donors (Lipinski definition) is 1. The lowest BCUT2D eigenvalue weighted by molar-refractivity contribution is -0.181. The molecule has 5 nitrogen and oxygen atoms in total. The fourth-order valence-corrected chi connectivity index (χ4v) is 3.39. The molecule has 150 valence electrons. The molecular formula is C22H26FNO4. The summed E-state index contributed by atoms with van der Waals surface area (Å²) < 4.78 is 30.7. The fourth-order valence-electron chi connectivity index (χ4n) is 3.39. The van der Waals surface area contributed by atoms with Crippen molar-refractivity contribution in [2.75, 3.05) is 11.9 Å². The molecule has 1 aliphatic heterocycles. The highest BCUT2D eigenvalue weighted by atomic mass is 19.1. The van der Waals surface area contributed by atoms with Gasteiger partial charge in [-0.1, -0.05) is 12.1 Å². The maximum atomic E-state index is 13.1. The molecule has 0 saturated heterocycles. The average molecular weight is 387 g/mol. The van der Waals surface area contributed by atoms with Crippen molar-refractivity contribution in [3.8, 4) is 5.75 Å². The van der Waals surface area contributed by atoms with Crippen molar-refractivity contribution in [2.45, 2.75) is 52.0 Å². The number of carbonyl (C=O) groups excluding carboxylic acids is 1. The maximum absolute atomic E-state index is 13.1. The highest BCUT2D eigenvalue weighted by Crippen LogP contribution is 2.44. The molecule has 2 atom stereocenters. The van der Waals surface area contributed by atoms with Crippen LogP contribution in [0.1, 0.15) is 44.9 Å². The minimum Gasteiger partial charge on any atom is -0.483 e. The van der Waals surface area contributed by atoms with Gasteiger partial charge in [0.2, 0.25) is 0 Å². The SMILES string of the molecule is CCOC1c2cc(NCc3ccc(F)cc3)ccc2OC(C)(C)C1OC(C)=O. The number of anilines is 1. The van der Waals surface area contributed by atoms with Gasteiger partial charge in [-0.05, 0) is 56.7 Å². The van der Waals surface area contributed by atoms with Gasteiger partial charge in [-0.25, -0.2) is 4.39 Å². The summed E-state index contributed by atoms with van der Waals surface area (Å²) in [7, 11) is 0. The number of halogens is 1. The van der Waals surface area contributed by atoms with Crippen LogP contribution in [0.2, 0.25) is 0 Å².